The second-order valence-corrected chi connectivity index (χ2v) is 7.09. The van der Waals surface area contributed by atoms with E-state index in [0.29, 0.717) is 52.9 Å². The molecule has 0 aliphatic heterocycles. The summed E-state index contributed by atoms with van der Waals surface area (Å²) in [5.74, 6) is 0. The van der Waals surface area contributed by atoms with Gasteiger partial charge in [0.1, 0.15) is 0 Å². The van der Waals surface area contributed by atoms with Crippen LogP contribution in [0.15, 0.2) is 0 Å². The van der Waals surface area contributed by atoms with E-state index in [1.807, 2.05) is 0 Å². The lowest BCUT2D eigenvalue weighted by Gasteiger charge is -2.06. The zero-order valence-corrected chi connectivity index (χ0v) is 21.1. The highest BCUT2D eigenvalue weighted by Crippen LogP contribution is 1.91. The van der Waals surface area contributed by atoms with E-state index in [-0.39, 0.29) is 5.48 Å². The van der Waals surface area contributed by atoms with E-state index in [4.69, 9.17) is 28.4 Å². The summed E-state index contributed by atoms with van der Waals surface area (Å²) in [5.41, 5.74) is 0. The highest BCUT2D eigenvalue weighted by molar-refractivity contribution is 4.37. The van der Waals surface area contributed by atoms with Gasteiger partial charge >= 0.3 is 0 Å². The third kappa shape index (κ3) is 40.6. The van der Waals surface area contributed by atoms with E-state index < -0.39 is 0 Å². The first-order valence-corrected chi connectivity index (χ1v) is 12.3. The summed E-state index contributed by atoms with van der Waals surface area (Å²) in [6, 6.07) is 0. The first kappa shape index (κ1) is 35.3. The van der Waals surface area contributed by atoms with E-state index >= 15 is 0 Å². The second-order valence-electron chi connectivity index (χ2n) is 7.09. The van der Waals surface area contributed by atoms with E-state index in [9.17, 15) is 0 Å². The second kappa shape index (κ2) is 37.1. The molecule has 7 heteroatoms. The van der Waals surface area contributed by atoms with Crippen molar-refractivity contribution in [3.05, 3.63) is 0 Å². The molecule has 0 saturated carbocycles. The Morgan fingerprint density at radius 1 is 0.290 bits per heavy atom. The largest absolute Gasteiger partial charge is 0.412 e. The van der Waals surface area contributed by atoms with E-state index in [1.54, 1.807) is 0 Å². The minimum Gasteiger partial charge on any atom is -0.412 e. The Hall–Kier alpha value is -0.280. The van der Waals surface area contributed by atoms with Gasteiger partial charge in [0.2, 0.25) is 0 Å². The minimum atomic E-state index is 0. The molecule has 0 radical (unpaired) electrons. The van der Waals surface area contributed by atoms with Gasteiger partial charge in [0.05, 0.1) is 52.9 Å². The summed E-state index contributed by atoms with van der Waals surface area (Å²) < 4.78 is 32.1. The van der Waals surface area contributed by atoms with Gasteiger partial charge in [-0.3, -0.25) is 0 Å². The van der Waals surface area contributed by atoms with Crippen LogP contribution in [0.1, 0.15) is 79.1 Å². The molecule has 0 aromatic rings. The third-order valence-corrected chi connectivity index (χ3v) is 4.06. The zero-order valence-electron chi connectivity index (χ0n) is 21.1. The molecule has 0 atom stereocenters. The summed E-state index contributed by atoms with van der Waals surface area (Å²) >= 11 is 0. The van der Waals surface area contributed by atoms with Crippen molar-refractivity contribution in [2.45, 2.75) is 79.1 Å². The minimum absolute atomic E-state index is 0. The Balaban J connectivity index is -0.000000490. The molecular weight excluding hydrogens is 400 g/mol. The molecule has 0 aromatic carbocycles. The van der Waals surface area contributed by atoms with Crippen molar-refractivity contribution >= 4 is 0 Å². The van der Waals surface area contributed by atoms with Crippen LogP contribution in [-0.4, -0.2) is 84.8 Å². The predicted octanol–water partition coefficient (Wildman–Crippen LogP) is 4.45. The number of hydrogen-bond acceptors (Lipinski definition) is 6. The van der Waals surface area contributed by atoms with Gasteiger partial charge in [-0.25, -0.2) is 0 Å². The Bertz CT molecular complexity index is 218. The Labute approximate surface area is 192 Å². The van der Waals surface area contributed by atoms with Crippen molar-refractivity contribution in [3.63, 3.8) is 0 Å². The molecule has 0 amide bonds. The van der Waals surface area contributed by atoms with Crippen LogP contribution in [0.3, 0.4) is 0 Å². The molecule has 7 nitrogen and oxygen atoms in total. The lowest BCUT2D eigenvalue weighted by Crippen LogP contribution is -2.10. The highest BCUT2D eigenvalue weighted by Gasteiger charge is 1.92. The van der Waals surface area contributed by atoms with E-state index in [1.165, 1.54) is 25.7 Å². The van der Waals surface area contributed by atoms with Crippen LogP contribution in [0.5, 0.6) is 0 Å². The summed E-state index contributed by atoms with van der Waals surface area (Å²) in [7, 11) is 0. The first-order chi connectivity index (χ1) is 14.8. The van der Waals surface area contributed by atoms with Gasteiger partial charge in [-0.05, 0) is 25.7 Å². The van der Waals surface area contributed by atoms with Gasteiger partial charge in [0, 0.05) is 26.4 Å². The van der Waals surface area contributed by atoms with Crippen molar-refractivity contribution in [1.82, 2.24) is 0 Å². The van der Waals surface area contributed by atoms with Crippen LogP contribution in [0.4, 0.5) is 0 Å². The van der Waals surface area contributed by atoms with Crippen LogP contribution in [-0.2, 0) is 28.4 Å². The van der Waals surface area contributed by atoms with E-state index in [2.05, 4.69) is 27.7 Å². The molecule has 2 N–H and O–H groups in total. The average Bonchev–Trinajstić information content (AvgIpc) is 2.76. The van der Waals surface area contributed by atoms with Crippen LogP contribution < -0.4 is 0 Å². The van der Waals surface area contributed by atoms with Gasteiger partial charge in [0.15, 0.2) is 0 Å². The Morgan fingerprint density at radius 3 is 0.613 bits per heavy atom. The van der Waals surface area contributed by atoms with Crippen LogP contribution >= 0.6 is 0 Å². The zero-order chi connectivity index (χ0) is 22.4. The molecule has 0 rings (SSSR count). The number of hydrogen-bond donors (Lipinski definition) is 0. The topological polar surface area (TPSA) is 86.9 Å². The molecule has 0 spiro atoms. The fraction of sp³-hybridized carbons (Fsp3) is 1.00. The fourth-order valence-corrected chi connectivity index (χ4v) is 2.07. The van der Waals surface area contributed by atoms with Crippen molar-refractivity contribution < 1.29 is 33.9 Å². The van der Waals surface area contributed by atoms with Crippen LogP contribution in [0, 0.1) is 0 Å². The molecular formula is C24H54O7. The summed E-state index contributed by atoms with van der Waals surface area (Å²) in [6.45, 7) is 17.6. The normalized spacial score (nSPS) is 10.5. The van der Waals surface area contributed by atoms with Crippen LogP contribution in [0.25, 0.3) is 0 Å². The average molecular weight is 455 g/mol. The van der Waals surface area contributed by atoms with Gasteiger partial charge in [0.25, 0.3) is 0 Å². The monoisotopic (exact) mass is 454 g/mol. The predicted molar refractivity (Wildman–Crippen MR) is 128 cm³/mol. The highest BCUT2D eigenvalue weighted by atomic mass is 16.5. The Kier molecular flexibility index (Phi) is 42.2. The molecule has 0 bridgehead atoms. The molecule has 0 fully saturated rings. The lowest BCUT2D eigenvalue weighted by atomic mass is 10.4. The van der Waals surface area contributed by atoms with Gasteiger partial charge in [-0.1, -0.05) is 53.4 Å². The quantitative estimate of drug-likeness (QED) is 0.200. The first-order valence-electron chi connectivity index (χ1n) is 12.3. The molecule has 0 aliphatic carbocycles. The molecule has 0 heterocycles. The van der Waals surface area contributed by atoms with Crippen LogP contribution in [0.2, 0.25) is 0 Å². The van der Waals surface area contributed by atoms with Gasteiger partial charge < -0.3 is 33.9 Å². The SMILES string of the molecule is CCCCOCCOCCOCCCC.CCCCOCCOCCOCCCC.O. The van der Waals surface area contributed by atoms with Gasteiger partial charge in [-0.15, -0.1) is 0 Å². The molecule has 0 aliphatic rings. The van der Waals surface area contributed by atoms with Crippen molar-refractivity contribution in [2.75, 3.05) is 79.3 Å². The standard InChI is InChI=1S/2C12H26O3.H2O/c2*1-3-5-7-13-9-11-15-12-10-14-8-6-4-2;/h2*3-12H2,1-2H3;1H2. The van der Waals surface area contributed by atoms with E-state index in [0.717, 1.165) is 52.1 Å². The van der Waals surface area contributed by atoms with Crippen molar-refractivity contribution in [1.29, 1.82) is 0 Å². The maximum absolute atomic E-state index is 5.35. The van der Waals surface area contributed by atoms with Gasteiger partial charge in [-0.2, -0.15) is 0 Å². The third-order valence-electron chi connectivity index (χ3n) is 4.06. The maximum atomic E-state index is 5.35. The summed E-state index contributed by atoms with van der Waals surface area (Å²) in [6.07, 6.45) is 9.30. The van der Waals surface area contributed by atoms with Crippen molar-refractivity contribution in [2.24, 2.45) is 0 Å². The number of ether oxygens (including phenoxy) is 6. The molecule has 31 heavy (non-hydrogen) atoms. The molecule has 0 saturated heterocycles. The molecule has 0 aromatic heterocycles. The summed E-state index contributed by atoms with van der Waals surface area (Å²) in [4.78, 5) is 0. The summed E-state index contributed by atoms with van der Waals surface area (Å²) in [5, 5.41) is 0. The smallest absolute Gasteiger partial charge is 0.0701 e. The lowest BCUT2D eigenvalue weighted by molar-refractivity contribution is 0.0136. The number of rotatable bonds is 24. The molecule has 0 unspecified atom stereocenters. The number of unbranched alkanes of at least 4 members (excludes halogenated alkanes) is 4. The maximum Gasteiger partial charge on any atom is 0.0701 e. The fourth-order valence-electron chi connectivity index (χ4n) is 2.07. The Morgan fingerprint density at radius 2 is 0.452 bits per heavy atom. The van der Waals surface area contributed by atoms with Crippen molar-refractivity contribution in [3.8, 4) is 0 Å². The molecule has 192 valence electrons.